The summed E-state index contributed by atoms with van der Waals surface area (Å²) in [5, 5.41) is 0. The van der Waals surface area contributed by atoms with Crippen molar-refractivity contribution in [2.24, 2.45) is 0 Å². The van der Waals surface area contributed by atoms with Gasteiger partial charge >= 0.3 is 5.69 Å². The maximum absolute atomic E-state index is 12.0. The number of aromatic nitrogens is 2. The summed E-state index contributed by atoms with van der Waals surface area (Å²) in [4.78, 5) is 14.8. The summed E-state index contributed by atoms with van der Waals surface area (Å²) in [7, 11) is 0. The van der Waals surface area contributed by atoms with E-state index in [1.807, 2.05) is 4.57 Å². The fourth-order valence-corrected chi connectivity index (χ4v) is 3.13. The third-order valence-corrected chi connectivity index (χ3v) is 4.01. The van der Waals surface area contributed by atoms with Crippen LogP contribution in [0.15, 0.2) is 4.79 Å². The number of hydrogen-bond acceptors (Lipinski definition) is 3. The Kier molecular flexibility index (Phi) is 2.88. The number of nitrogens with one attached hydrogen (secondary N) is 1. The number of hydrogen-bond donors (Lipinski definition) is 1. The largest absolute Gasteiger partial charge is 0.376 e. The first kappa shape index (κ1) is 11.2. The molecule has 1 aromatic heterocycles. The Balaban J connectivity index is 2.01. The van der Waals surface area contributed by atoms with Gasteiger partial charge in [-0.25, -0.2) is 4.79 Å². The van der Waals surface area contributed by atoms with E-state index in [0.29, 0.717) is 11.2 Å². The summed E-state index contributed by atoms with van der Waals surface area (Å²) in [5.41, 5.74) is 2.22. The Bertz CT molecular complexity index is 540. The first-order chi connectivity index (χ1) is 8.25. The highest BCUT2D eigenvalue weighted by Crippen LogP contribution is 2.22. The molecular weight excluding hydrogens is 236 g/mol. The Morgan fingerprint density at radius 1 is 1.41 bits per heavy atom. The lowest BCUT2D eigenvalue weighted by molar-refractivity contribution is 0.0951. The molecule has 1 atom stereocenters. The predicted molar refractivity (Wildman–Crippen MR) is 66.9 cm³/mol. The lowest BCUT2D eigenvalue weighted by Crippen LogP contribution is -2.31. The van der Waals surface area contributed by atoms with Gasteiger partial charge in [-0.15, -0.1) is 0 Å². The number of H-pyrrole nitrogens is 1. The zero-order valence-corrected chi connectivity index (χ0v) is 10.5. The van der Waals surface area contributed by atoms with Crippen molar-refractivity contribution >= 4 is 12.2 Å². The molecule has 2 heterocycles. The van der Waals surface area contributed by atoms with Crippen LogP contribution in [0.4, 0.5) is 0 Å². The zero-order chi connectivity index (χ0) is 11.8. The fraction of sp³-hybridized carbons (Fsp3) is 0.667. The van der Waals surface area contributed by atoms with Crippen LogP contribution in [0.25, 0.3) is 0 Å². The van der Waals surface area contributed by atoms with Gasteiger partial charge in [0, 0.05) is 17.9 Å². The first-order valence-corrected chi connectivity index (χ1v) is 6.63. The second-order valence-electron chi connectivity index (χ2n) is 4.78. The van der Waals surface area contributed by atoms with Gasteiger partial charge in [0.25, 0.3) is 0 Å². The van der Waals surface area contributed by atoms with Crippen molar-refractivity contribution in [3.8, 4) is 0 Å². The molecule has 0 bridgehead atoms. The third kappa shape index (κ3) is 1.98. The Morgan fingerprint density at radius 2 is 2.29 bits per heavy atom. The lowest BCUT2D eigenvalue weighted by Gasteiger charge is -2.15. The maximum atomic E-state index is 12.0. The summed E-state index contributed by atoms with van der Waals surface area (Å²) >= 11 is 5.21. The molecular formula is C12H16N2O2S. The van der Waals surface area contributed by atoms with E-state index < -0.39 is 0 Å². The average Bonchev–Trinajstić information content (AvgIpc) is 2.95. The van der Waals surface area contributed by atoms with Gasteiger partial charge in [-0.1, -0.05) is 12.2 Å². The fourth-order valence-electron chi connectivity index (χ4n) is 2.82. The molecule has 0 aromatic carbocycles. The molecule has 92 valence electrons. The van der Waals surface area contributed by atoms with Gasteiger partial charge in [0.05, 0.1) is 12.6 Å². The minimum absolute atomic E-state index is 0.0776. The number of fused-ring (bicyclic) bond motifs is 1. The molecule has 2 aliphatic rings. The number of ether oxygens (including phenoxy) is 1. The van der Waals surface area contributed by atoms with Crippen LogP contribution in [-0.2, 0) is 24.1 Å². The SMILES string of the molecule is O=c1[nH]c(=S)c2c(n1C[C@H]1CCCO1)CCC2. The Labute approximate surface area is 105 Å². The van der Waals surface area contributed by atoms with Crippen LogP contribution in [-0.4, -0.2) is 22.3 Å². The molecule has 0 radical (unpaired) electrons. The quantitative estimate of drug-likeness (QED) is 0.813. The first-order valence-electron chi connectivity index (χ1n) is 6.22. The predicted octanol–water partition coefficient (Wildman–Crippen LogP) is 1.57. The van der Waals surface area contributed by atoms with E-state index in [0.717, 1.165) is 50.0 Å². The van der Waals surface area contributed by atoms with Crippen molar-refractivity contribution in [2.45, 2.75) is 44.8 Å². The highest BCUT2D eigenvalue weighted by Gasteiger charge is 2.22. The van der Waals surface area contributed by atoms with E-state index >= 15 is 0 Å². The van der Waals surface area contributed by atoms with E-state index in [9.17, 15) is 4.79 Å². The van der Waals surface area contributed by atoms with Crippen molar-refractivity contribution in [1.82, 2.24) is 9.55 Å². The van der Waals surface area contributed by atoms with Gasteiger partial charge in [-0.2, -0.15) is 0 Å². The number of rotatable bonds is 2. The van der Waals surface area contributed by atoms with Crippen LogP contribution in [0.1, 0.15) is 30.5 Å². The van der Waals surface area contributed by atoms with Gasteiger partial charge in [0.2, 0.25) is 0 Å². The van der Waals surface area contributed by atoms with Gasteiger partial charge in [0.15, 0.2) is 0 Å². The molecule has 0 amide bonds. The molecule has 1 aromatic rings. The molecule has 1 aliphatic heterocycles. The summed E-state index contributed by atoms with van der Waals surface area (Å²) in [6.07, 6.45) is 5.41. The molecule has 3 rings (SSSR count). The van der Waals surface area contributed by atoms with Crippen molar-refractivity contribution in [3.05, 3.63) is 26.4 Å². The number of aromatic amines is 1. The summed E-state index contributed by atoms with van der Waals surface area (Å²) in [6.45, 7) is 1.50. The van der Waals surface area contributed by atoms with E-state index in [4.69, 9.17) is 17.0 Å². The molecule has 1 aliphatic carbocycles. The minimum Gasteiger partial charge on any atom is -0.376 e. The van der Waals surface area contributed by atoms with Gasteiger partial charge < -0.3 is 4.74 Å². The van der Waals surface area contributed by atoms with E-state index in [1.54, 1.807) is 0 Å². The second-order valence-corrected chi connectivity index (χ2v) is 5.19. The van der Waals surface area contributed by atoms with Crippen LogP contribution >= 0.6 is 12.2 Å². The third-order valence-electron chi connectivity index (χ3n) is 3.66. The Hall–Kier alpha value is -0.940. The normalized spacial score (nSPS) is 22.9. The molecule has 1 N–H and O–H groups in total. The van der Waals surface area contributed by atoms with Gasteiger partial charge in [-0.3, -0.25) is 9.55 Å². The van der Waals surface area contributed by atoms with Crippen molar-refractivity contribution in [1.29, 1.82) is 0 Å². The number of nitrogens with zero attached hydrogens (tertiary/aromatic N) is 1. The molecule has 0 saturated carbocycles. The van der Waals surface area contributed by atoms with Crippen LogP contribution < -0.4 is 5.69 Å². The van der Waals surface area contributed by atoms with Crippen molar-refractivity contribution in [3.63, 3.8) is 0 Å². The standard InChI is InChI=1S/C12H16N2O2S/c15-12-13-11(17)9-4-1-5-10(9)14(12)7-8-3-2-6-16-8/h8H,1-7H2,(H,13,15,17)/t8-/m1/s1. The molecule has 1 fully saturated rings. The lowest BCUT2D eigenvalue weighted by atomic mass is 10.2. The molecule has 17 heavy (non-hydrogen) atoms. The molecule has 0 spiro atoms. The van der Waals surface area contributed by atoms with Crippen LogP contribution in [0, 0.1) is 4.64 Å². The molecule has 5 heteroatoms. The summed E-state index contributed by atoms with van der Waals surface area (Å²) in [6, 6.07) is 0. The van der Waals surface area contributed by atoms with Crippen molar-refractivity contribution < 1.29 is 4.74 Å². The summed E-state index contributed by atoms with van der Waals surface area (Å²) < 4.78 is 8.07. The molecule has 4 nitrogen and oxygen atoms in total. The van der Waals surface area contributed by atoms with Crippen LogP contribution in [0.5, 0.6) is 0 Å². The highest BCUT2D eigenvalue weighted by atomic mass is 32.1. The van der Waals surface area contributed by atoms with E-state index in [2.05, 4.69) is 4.98 Å². The zero-order valence-electron chi connectivity index (χ0n) is 9.70. The minimum atomic E-state index is -0.0776. The van der Waals surface area contributed by atoms with Crippen LogP contribution in [0.3, 0.4) is 0 Å². The highest BCUT2D eigenvalue weighted by molar-refractivity contribution is 7.71. The maximum Gasteiger partial charge on any atom is 0.326 e. The van der Waals surface area contributed by atoms with Crippen LogP contribution in [0.2, 0.25) is 0 Å². The average molecular weight is 252 g/mol. The van der Waals surface area contributed by atoms with E-state index in [1.165, 1.54) is 0 Å². The smallest absolute Gasteiger partial charge is 0.326 e. The molecule has 0 unspecified atom stereocenters. The van der Waals surface area contributed by atoms with E-state index in [-0.39, 0.29) is 11.8 Å². The summed E-state index contributed by atoms with van der Waals surface area (Å²) in [5.74, 6) is 0. The van der Waals surface area contributed by atoms with Crippen molar-refractivity contribution in [2.75, 3.05) is 6.61 Å². The van der Waals surface area contributed by atoms with Gasteiger partial charge in [-0.05, 0) is 32.1 Å². The Morgan fingerprint density at radius 3 is 3.06 bits per heavy atom. The van der Waals surface area contributed by atoms with Gasteiger partial charge in [0.1, 0.15) is 4.64 Å². The topological polar surface area (TPSA) is 47.0 Å². The monoisotopic (exact) mass is 252 g/mol. The molecule has 1 saturated heterocycles. The second kappa shape index (κ2) is 4.38.